The second-order valence-corrected chi connectivity index (χ2v) is 9.58. The fraction of sp³-hybridized carbons (Fsp3) is 0.310. The van der Waals surface area contributed by atoms with Gasteiger partial charge >= 0.3 is 5.97 Å². The van der Waals surface area contributed by atoms with Crippen LogP contribution < -0.4 is 10.1 Å². The van der Waals surface area contributed by atoms with Gasteiger partial charge in [-0.15, -0.1) is 0 Å². The van der Waals surface area contributed by atoms with E-state index in [0.29, 0.717) is 30.7 Å². The summed E-state index contributed by atoms with van der Waals surface area (Å²) >= 11 is 0. The Kier molecular flexibility index (Phi) is 6.19. The van der Waals surface area contributed by atoms with Gasteiger partial charge in [0.05, 0.1) is 24.2 Å². The number of benzene rings is 2. The van der Waals surface area contributed by atoms with Gasteiger partial charge in [0.25, 0.3) is 0 Å². The molecule has 2 heterocycles. The summed E-state index contributed by atoms with van der Waals surface area (Å²) in [7, 11) is 0. The Morgan fingerprint density at radius 2 is 2.08 bits per heavy atom. The lowest BCUT2D eigenvalue weighted by Crippen LogP contribution is -2.27. The summed E-state index contributed by atoms with van der Waals surface area (Å²) in [5.41, 5.74) is 4.64. The summed E-state index contributed by atoms with van der Waals surface area (Å²) in [5.74, 6) is -0.235. The van der Waals surface area contributed by atoms with Crippen LogP contribution >= 0.6 is 0 Å². The van der Waals surface area contributed by atoms with Crippen molar-refractivity contribution < 1.29 is 19.4 Å². The minimum absolute atomic E-state index is 0.0478. The first-order chi connectivity index (χ1) is 17.4. The number of aliphatic carboxylic acids is 1. The highest BCUT2D eigenvalue weighted by Crippen LogP contribution is 2.65. The van der Waals surface area contributed by atoms with Crippen molar-refractivity contribution in [1.29, 1.82) is 5.26 Å². The first kappa shape index (κ1) is 23.6. The van der Waals surface area contributed by atoms with Crippen molar-refractivity contribution in [3.8, 4) is 22.9 Å². The maximum absolute atomic E-state index is 13.6. The molecule has 1 aromatic heterocycles. The smallest absolute Gasteiger partial charge is 0.303 e. The zero-order valence-corrected chi connectivity index (χ0v) is 20.0. The fourth-order valence-electron chi connectivity index (χ4n) is 5.71. The summed E-state index contributed by atoms with van der Waals surface area (Å²) in [5, 5.41) is 21.4. The van der Waals surface area contributed by atoms with Gasteiger partial charge in [-0.1, -0.05) is 25.1 Å². The van der Waals surface area contributed by atoms with Crippen LogP contribution in [0.1, 0.15) is 42.9 Å². The molecular formula is C29H27N3O4. The van der Waals surface area contributed by atoms with Crippen LogP contribution in [0.25, 0.3) is 11.1 Å². The fourth-order valence-corrected chi connectivity index (χ4v) is 5.71. The Bertz CT molecular complexity index is 1360. The first-order valence-corrected chi connectivity index (χ1v) is 12.2. The summed E-state index contributed by atoms with van der Waals surface area (Å²) < 4.78 is 5.97. The molecule has 36 heavy (non-hydrogen) atoms. The molecule has 2 N–H and O–H groups in total. The third-order valence-corrected chi connectivity index (χ3v) is 7.62. The van der Waals surface area contributed by atoms with Crippen molar-refractivity contribution in [2.24, 2.45) is 11.8 Å². The molecule has 1 fully saturated rings. The molecule has 0 bridgehead atoms. The van der Waals surface area contributed by atoms with Crippen LogP contribution in [-0.4, -0.2) is 28.6 Å². The molecule has 2 aliphatic rings. The molecule has 7 nitrogen and oxygen atoms in total. The Balaban J connectivity index is 1.42. The maximum Gasteiger partial charge on any atom is 0.303 e. The number of pyridine rings is 1. The van der Waals surface area contributed by atoms with Gasteiger partial charge in [-0.2, -0.15) is 5.26 Å². The topological polar surface area (TPSA) is 112 Å². The number of carbonyl (C=O) groups is 2. The molecule has 1 aliphatic carbocycles. The molecule has 1 aliphatic heterocycles. The molecule has 1 amide bonds. The van der Waals surface area contributed by atoms with Crippen molar-refractivity contribution in [3.05, 3.63) is 77.6 Å². The highest BCUT2D eigenvalue weighted by molar-refractivity contribution is 5.97. The molecule has 0 saturated heterocycles. The monoisotopic (exact) mass is 481 g/mol. The highest BCUT2D eigenvalue weighted by atomic mass is 16.5. The standard InChI is InChI=1S/C29H27N3O4/c1-18-27(28(35)32-24-14-19(16-30)7-8-20(24)4-2-6-26(33)34)29(18)11-13-36-25-10-9-21(15-23(25)29)22-5-3-12-31-17-22/h3,5,7-10,12,14-15,17-18,27H,2,4,6,11,13H2,1H3,(H,32,35)(H,33,34)/t18?,27?,29-/m0/s1. The number of anilines is 1. The lowest BCUT2D eigenvalue weighted by atomic mass is 9.84. The van der Waals surface area contributed by atoms with Gasteiger partial charge in [0, 0.05) is 41.0 Å². The number of fused-ring (bicyclic) bond motifs is 2. The van der Waals surface area contributed by atoms with Gasteiger partial charge in [0.2, 0.25) is 5.91 Å². The van der Waals surface area contributed by atoms with Crippen LogP contribution in [0.3, 0.4) is 0 Å². The number of carboxylic acids is 1. The third-order valence-electron chi connectivity index (χ3n) is 7.62. The summed E-state index contributed by atoms with van der Waals surface area (Å²) in [6, 6.07) is 17.3. The number of rotatable bonds is 7. The van der Waals surface area contributed by atoms with Crippen molar-refractivity contribution in [2.45, 2.75) is 38.0 Å². The predicted octanol–water partition coefficient (Wildman–Crippen LogP) is 4.95. The number of nitrogens with one attached hydrogen (secondary N) is 1. The van der Waals surface area contributed by atoms with E-state index in [4.69, 9.17) is 9.84 Å². The average molecular weight is 482 g/mol. The molecular weight excluding hydrogens is 454 g/mol. The molecule has 3 atom stereocenters. The van der Waals surface area contributed by atoms with E-state index in [1.807, 2.05) is 30.5 Å². The molecule has 7 heteroatoms. The zero-order valence-electron chi connectivity index (χ0n) is 20.0. The Morgan fingerprint density at radius 1 is 1.22 bits per heavy atom. The molecule has 0 radical (unpaired) electrons. The maximum atomic E-state index is 13.6. The molecule has 2 unspecified atom stereocenters. The highest BCUT2D eigenvalue weighted by Gasteiger charge is 2.67. The number of hydrogen-bond donors (Lipinski definition) is 2. The number of amides is 1. The number of nitrogens with zero attached hydrogens (tertiary/aromatic N) is 2. The van der Waals surface area contributed by atoms with Crippen LogP contribution in [0, 0.1) is 23.2 Å². The van der Waals surface area contributed by atoms with Crippen LogP contribution in [0.4, 0.5) is 5.69 Å². The number of ether oxygens (including phenoxy) is 1. The number of aryl methyl sites for hydroxylation is 1. The van der Waals surface area contributed by atoms with Crippen LogP contribution in [0.15, 0.2) is 60.9 Å². The van der Waals surface area contributed by atoms with E-state index < -0.39 is 5.97 Å². The van der Waals surface area contributed by atoms with Gasteiger partial charge in [-0.3, -0.25) is 14.6 Å². The quantitative estimate of drug-likeness (QED) is 0.494. The SMILES string of the molecule is CC1C(C(=O)Nc2cc(C#N)ccc2CCCC(=O)O)[C@@]12CCOc1ccc(-c3cccnc3)cc12. The van der Waals surface area contributed by atoms with Gasteiger partial charge in [-0.05, 0) is 66.6 Å². The second-order valence-electron chi connectivity index (χ2n) is 9.58. The van der Waals surface area contributed by atoms with Gasteiger partial charge in [0.1, 0.15) is 5.75 Å². The van der Waals surface area contributed by atoms with E-state index in [2.05, 4.69) is 29.4 Å². The van der Waals surface area contributed by atoms with E-state index in [9.17, 15) is 14.9 Å². The Hall–Kier alpha value is -4.18. The number of aromatic nitrogens is 1. The molecule has 3 aromatic rings. The molecule has 1 spiro atoms. The minimum Gasteiger partial charge on any atom is -0.493 e. The predicted molar refractivity (Wildman–Crippen MR) is 134 cm³/mol. The van der Waals surface area contributed by atoms with Gasteiger partial charge in [0.15, 0.2) is 0 Å². The summed E-state index contributed by atoms with van der Waals surface area (Å²) in [4.78, 5) is 28.8. The van der Waals surface area contributed by atoms with Crippen molar-refractivity contribution >= 4 is 17.6 Å². The van der Waals surface area contributed by atoms with E-state index in [-0.39, 0.29) is 29.6 Å². The van der Waals surface area contributed by atoms with Gasteiger partial charge in [-0.25, -0.2) is 0 Å². The summed E-state index contributed by atoms with van der Waals surface area (Å²) in [6.07, 6.45) is 5.32. The Morgan fingerprint density at radius 3 is 2.83 bits per heavy atom. The lowest BCUT2D eigenvalue weighted by Gasteiger charge is -2.28. The lowest BCUT2D eigenvalue weighted by molar-refractivity contribution is -0.137. The Labute approximate surface area is 209 Å². The zero-order chi connectivity index (χ0) is 25.3. The van der Waals surface area contributed by atoms with E-state index >= 15 is 0 Å². The first-order valence-electron chi connectivity index (χ1n) is 12.2. The second kappa shape index (κ2) is 9.46. The number of carbonyl (C=O) groups excluding carboxylic acids is 1. The largest absolute Gasteiger partial charge is 0.493 e. The molecule has 1 saturated carbocycles. The van der Waals surface area contributed by atoms with Crippen LogP contribution in [-0.2, 0) is 21.4 Å². The molecule has 2 aromatic carbocycles. The van der Waals surface area contributed by atoms with Crippen LogP contribution in [0.5, 0.6) is 5.75 Å². The number of carboxylic acid groups (broad SMARTS) is 1. The number of hydrogen-bond acceptors (Lipinski definition) is 5. The molecule has 182 valence electrons. The van der Waals surface area contributed by atoms with E-state index in [1.54, 1.807) is 24.4 Å². The third kappa shape index (κ3) is 4.20. The normalized spacial score (nSPS) is 21.7. The number of nitriles is 1. The van der Waals surface area contributed by atoms with Gasteiger partial charge < -0.3 is 15.2 Å². The van der Waals surface area contributed by atoms with E-state index in [0.717, 1.165) is 34.4 Å². The molecule has 5 rings (SSSR count). The average Bonchev–Trinajstić information content (AvgIpc) is 3.48. The van der Waals surface area contributed by atoms with Crippen molar-refractivity contribution in [3.63, 3.8) is 0 Å². The van der Waals surface area contributed by atoms with Crippen molar-refractivity contribution in [1.82, 2.24) is 4.98 Å². The van der Waals surface area contributed by atoms with Crippen molar-refractivity contribution in [2.75, 3.05) is 11.9 Å². The summed E-state index contributed by atoms with van der Waals surface area (Å²) in [6.45, 7) is 2.66. The van der Waals surface area contributed by atoms with Crippen LogP contribution in [0.2, 0.25) is 0 Å². The minimum atomic E-state index is -0.855. The van der Waals surface area contributed by atoms with E-state index in [1.165, 1.54) is 0 Å².